The summed E-state index contributed by atoms with van der Waals surface area (Å²) in [5.41, 5.74) is 0.339. The van der Waals surface area contributed by atoms with Gasteiger partial charge in [0.2, 0.25) is 0 Å². The Balaban J connectivity index is 2.60. The molecule has 102 valence electrons. The number of hydrogen-bond donors (Lipinski definition) is 2. The summed E-state index contributed by atoms with van der Waals surface area (Å²) in [7, 11) is 0. The van der Waals surface area contributed by atoms with Crippen molar-refractivity contribution in [1.82, 2.24) is 5.32 Å². The largest absolute Gasteiger partial charge is 0.388 e. The molecule has 2 N–H and O–H groups in total. The van der Waals surface area contributed by atoms with Gasteiger partial charge in [0.1, 0.15) is 5.82 Å². The van der Waals surface area contributed by atoms with E-state index >= 15 is 0 Å². The molecular formula is C14H22FNOS. The molecule has 0 bridgehead atoms. The first-order valence-electron chi connectivity index (χ1n) is 6.18. The average molecular weight is 271 g/mol. The van der Waals surface area contributed by atoms with Gasteiger partial charge in [-0.2, -0.15) is 11.8 Å². The summed E-state index contributed by atoms with van der Waals surface area (Å²) in [6.45, 7) is 4.43. The minimum atomic E-state index is -0.715. The molecule has 0 fully saturated rings. The number of benzene rings is 1. The van der Waals surface area contributed by atoms with Crippen LogP contribution in [0.15, 0.2) is 24.3 Å². The van der Waals surface area contributed by atoms with E-state index in [2.05, 4.69) is 12.2 Å². The van der Waals surface area contributed by atoms with E-state index in [0.29, 0.717) is 12.3 Å². The molecule has 2 unspecified atom stereocenters. The van der Waals surface area contributed by atoms with Crippen molar-refractivity contribution in [3.8, 4) is 0 Å². The highest BCUT2D eigenvalue weighted by atomic mass is 32.2. The van der Waals surface area contributed by atoms with E-state index in [-0.39, 0.29) is 11.9 Å². The molecule has 0 aliphatic heterocycles. The van der Waals surface area contributed by atoms with Crippen LogP contribution in [0, 0.1) is 5.82 Å². The van der Waals surface area contributed by atoms with Crippen LogP contribution in [-0.2, 0) is 0 Å². The number of hydrogen-bond acceptors (Lipinski definition) is 3. The maximum atomic E-state index is 12.9. The first-order valence-corrected chi connectivity index (χ1v) is 7.58. The highest BCUT2D eigenvalue weighted by Crippen LogP contribution is 2.18. The number of nitrogens with one attached hydrogen (secondary N) is 1. The van der Waals surface area contributed by atoms with E-state index in [4.69, 9.17) is 0 Å². The zero-order valence-corrected chi connectivity index (χ0v) is 12.1. The quantitative estimate of drug-likeness (QED) is 0.799. The van der Waals surface area contributed by atoms with Crippen molar-refractivity contribution in [3.05, 3.63) is 35.6 Å². The SMILES string of the molecule is CCC(NCC(C)(O)CSC)c1ccc(F)cc1. The summed E-state index contributed by atoms with van der Waals surface area (Å²) in [4.78, 5) is 0. The molecule has 0 heterocycles. The highest BCUT2D eigenvalue weighted by Gasteiger charge is 2.21. The van der Waals surface area contributed by atoms with Crippen molar-refractivity contribution in [2.45, 2.75) is 31.9 Å². The van der Waals surface area contributed by atoms with Crippen LogP contribution in [0.5, 0.6) is 0 Å². The second kappa shape index (κ2) is 7.12. The predicted molar refractivity (Wildman–Crippen MR) is 76.4 cm³/mol. The molecule has 0 spiro atoms. The Kier molecular flexibility index (Phi) is 6.12. The zero-order valence-electron chi connectivity index (χ0n) is 11.2. The molecule has 4 heteroatoms. The van der Waals surface area contributed by atoms with Crippen molar-refractivity contribution < 1.29 is 9.50 Å². The van der Waals surface area contributed by atoms with Gasteiger partial charge in [-0.3, -0.25) is 0 Å². The lowest BCUT2D eigenvalue weighted by molar-refractivity contribution is 0.0812. The summed E-state index contributed by atoms with van der Waals surface area (Å²) < 4.78 is 12.9. The maximum Gasteiger partial charge on any atom is 0.123 e. The number of thioether (sulfide) groups is 1. The number of halogens is 1. The molecule has 18 heavy (non-hydrogen) atoms. The lowest BCUT2D eigenvalue weighted by Gasteiger charge is -2.26. The Labute approximate surface area is 113 Å². The van der Waals surface area contributed by atoms with Crippen molar-refractivity contribution in [1.29, 1.82) is 0 Å². The Morgan fingerprint density at radius 1 is 1.39 bits per heavy atom. The van der Waals surface area contributed by atoms with Gasteiger partial charge in [0.05, 0.1) is 5.60 Å². The summed E-state index contributed by atoms with van der Waals surface area (Å²) in [5, 5.41) is 13.5. The molecular weight excluding hydrogens is 249 g/mol. The fraction of sp³-hybridized carbons (Fsp3) is 0.571. The fourth-order valence-corrected chi connectivity index (χ4v) is 2.62. The molecule has 2 nitrogen and oxygen atoms in total. The lowest BCUT2D eigenvalue weighted by Crippen LogP contribution is -2.41. The molecule has 1 aromatic rings. The third kappa shape index (κ3) is 4.96. The summed E-state index contributed by atoms with van der Waals surface area (Å²) in [6.07, 6.45) is 2.88. The Hall–Kier alpha value is -0.580. The fourth-order valence-electron chi connectivity index (χ4n) is 1.90. The van der Waals surface area contributed by atoms with Crippen LogP contribution in [0.4, 0.5) is 4.39 Å². The van der Waals surface area contributed by atoms with Gasteiger partial charge >= 0.3 is 0 Å². The number of aliphatic hydroxyl groups is 1. The van der Waals surface area contributed by atoms with Crippen molar-refractivity contribution in [2.24, 2.45) is 0 Å². The molecule has 0 radical (unpaired) electrons. The second-order valence-electron chi connectivity index (χ2n) is 4.82. The first-order chi connectivity index (χ1) is 8.48. The molecule has 0 saturated heterocycles. The van der Waals surface area contributed by atoms with E-state index in [1.807, 2.05) is 13.2 Å². The van der Waals surface area contributed by atoms with Gasteiger partial charge in [-0.15, -0.1) is 0 Å². The zero-order chi connectivity index (χ0) is 13.6. The summed E-state index contributed by atoms with van der Waals surface area (Å²) in [6, 6.07) is 6.68. The maximum absolute atomic E-state index is 12.9. The average Bonchev–Trinajstić information content (AvgIpc) is 2.32. The highest BCUT2D eigenvalue weighted by molar-refractivity contribution is 7.98. The van der Waals surface area contributed by atoms with Gasteiger partial charge in [0, 0.05) is 18.3 Å². The van der Waals surface area contributed by atoms with Crippen LogP contribution in [0.3, 0.4) is 0 Å². The summed E-state index contributed by atoms with van der Waals surface area (Å²) in [5.74, 6) is 0.475. The molecule has 1 rings (SSSR count). The predicted octanol–water partition coefficient (Wildman–Crippen LogP) is 2.98. The molecule has 0 saturated carbocycles. The molecule has 1 aromatic carbocycles. The summed E-state index contributed by atoms with van der Waals surface area (Å²) >= 11 is 1.63. The van der Waals surface area contributed by atoms with Crippen LogP contribution in [0.2, 0.25) is 0 Å². The van der Waals surface area contributed by atoms with Gasteiger partial charge in [-0.1, -0.05) is 19.1 Å². The minimum absolute atomic E-state index is 0.152. The van der Waals surface area contributed by atoms with Gasteiger partial charge in [-0.25, -0.2) is 4.39 Å². The van der Waals surface area contributed by atoms with Crippen LogP contribution in [0.1, 0.15) is 31.9 Å². The van der Waals surface area contributed by atoms with Crippen molar-refractivity contribution >= 4 is 11.8 Å². The standard InChI is InChI=1S/C14H22FNOS/c1-4-13(11-5-7-12(15)8-6-11)16-9-14(2,17)10-18-3/h5-8,13,16-17H,4,9-10H2,1-3H3. The van der Waals surface area contributed by atoms with Crippen LogP contribution in [0.25, 0.3) is 0 Å². The Morgan fingerprint density at radius 2 is 2.00 bits per heavy atom. The van der Waals surface area contributed by atoms with Crippen LogP contribution < -0.4 is 5.32 Å². The normalized spacial score (nSPS) is 16.3. The third-order valence-corrected chi connectivity index (χ3v) is 3.78. The second-order valence-corrected chi connectivity index (χ2v) is 5.69. The molecule has 0 aromatic heterocycles. The smallest absolute Gasteiger partial charge is 0.123 e. The molecule has 0 amide bonds. The Bertz CT molecular complexity index is 353. The molecule has 0 aliphatic carbocycles. The van der Waals surface area contributed by atoms with E-state index in [1.165, 1.54) is 12.1 Å². The lowest BCUT2D eigenvalue weighted by atomic mass is 10.0. The monoisotopic (exact) mass is 271 g/mol. The minimum Gasteiger partial charge on any atom is -0.388 e. The molecule has 2 atom stereocenters. The Morgan fingerprint density at radius 3 is 2.50 bits per heavy atom. The van der Waals surface area contributed by atoms with Crippen LogP contribution >= 0.6 is 11.8 Å². The van der Waals surface area contributed by atoms with E-state index < -0.39 is 5.60 Å². The van der Waals surface area contributed by atoms with Gasteiger partial charge in [-0.05, 0) is 37.3 Å². The van der Waals surface area contributed by atoms with E-state index in [9.17, 15) is 9.50 Å². The van der Waals surface area contributed by atoms with Crippen molar-refractivity contribution in [2.75, 3.05) is 18.6 Å². The van der Waals surface area contributed by atoms with E-state index in [0.717, 1.165) is 12.0 Å². The first kappa shape index (κ1) is 15.5. The molecule has 0 aliphatic rings. The topological polar surface area (TPSA) is 32.3 Å². The third-order valence-electron chi connectivity index (χ3n) is 2.87. The van der Waals surface area contributed by atoms with Gasteiger partial charge in [0.25, 0.3) is 0 Å². The van der Waals surface area contributed by atoms with Gasteiger partial charge in [0.15, 0.2) is 0 Å². The van der Waals surface area contributed by atoms with Crippen LogP contribution in [-0.4, -0.2) is 29.3 Å². The number of rotatable bonds is 7. The van der Waals surface area contributed by atoms with Crippen molar-refractivity contribution in [3.63, 3.8) is 0 Å². The van der Waals surface area contributed by atoms with Gasteiger partial charge < -0.3 is 10.4 Å². The van der Waals surface area contributed by atoms with E-state index in [1.54, 1.807) is 23.9 Å².